The zero-order valence-corrected chi connectivity index (χ0v) is 16.5. The summed E-state index contributed by atoms with van der Waals surface area (Å²) in [5.41, 5.74) is 7.16. The Morgan fingerprint density at radius 3 is 2.82 bits per heavy atom. The molecule has 146 valence electrons. The number of nitrogens with zero attached hydrogens (tertiary/aromatic N) is 5. The molecule has 2 aromatic heterocycles. The van der Waals surface area contributed by atoms with Crippen LogP contribution in [0, 0.1) is 0 Å². The maximum atomic E-state index is 11.9. The number of pyridine rings is 1. The Hall–Kier alpha value is -3.20. The highest BCUT2D eigenvalue weighted by molar-refractivity contribution is 6.35. The SMILES string of the molecule is CNC(=O)CN(C)c1nc2c(Cl)cccc2cc1[C@H](C)Nc1ncnc(N)n1. The number of nitrogens with one attached hydrogen (secondary N) is 2. The smallest absolute Gasteiger partial charge is 0.239 e. The predicted molar refractivity (Wildman–Crippen MR) is 110 cm³/mol. The molecule has 0 fully saturated rings. The second kappa shape index (κ2) is 8.22. The molecule has 0 bridgehead atoms. The highest BCUT2D eigenvalue weighted by Crippen LogP contribution is 2.32. The molecule has 0 spiro atoms. The average molecular weight is 401 g/mol. The number of rotatable bonds is 6. The maximum Gasteiger partial charge on any atom is 0.239 e. The molecule has 0 aliphatic carbocycles. The number of aromatic nitrogens is 4. The van der Waals surface area contributed by atoms with Gasteiger partial charge in [-0.3, -0.25) is 4.79 Å². The van der Waals surface area contributed by atoms with Gasteiger partial charge in [0.2, 0.25) is 17.8 Å². The summed E-state index contributed by atoms with van der Waals surface area (Å²) in [5, 5.41) is 7.25. The molecule has 0 unspecified atom stereocenters. The van der Waals surface area contributed by atoms with Gasteiger partial charge in [-0.15, -0.1) is 0 Å². The number of carbonyl (C=O) groups is 1. The Bertz CT molecular complexity index is 1010. The van der Waals surface area contributed by atoms with E-state index in [0.29, 0.717) is 22.3 Å². The van der Waals surface area contributed by atoms with E-state index in [1.807, 2.05) is 25.1 Å². The van der Waals surface area contributed by atoms with Crippen LogP contribution in [0.2, 0.25) is 5.02 Å². The molecule has 1 aromatic carbocycles. The van der Waals surface area contributed by atoms with Gasteiger partial charge in [-0.05, 0) is 19.1 Å². The molecule has 2 heterocycles. The third-order valence-electron chi connectivity index (χ3n) is 4.23. The van der Waals surface area contributed by atoms with Crippen LogP contribution in [0.1, 0.15) is 18.5 Å². The number of hydrogen-bond acceptors (Lipinski definition) is 8. The molecule has 9 nitrogen and oxygen atoms in total. The Morgan fingerprint density at radius 1 is 1.32 bits per heavy atom. The molecule has 1 amide bonds. The number of halogens is 1. The zero-order chi connectivity index (χ0) is 20.3. The highest BCUT2D eigenvalue weighted by atomic mass is 35.5. The highest BCUT2D eigenvalue weighted by Gasteiger charge is 2.19. The molecule has 0 aliphatic heterocycles. The van der Waals surface area contributed by atoms with Gasteiger partial charge in [-0.25, -0.2) is 15.0 Å². The molecule has 1 atom stereocenters. The molecule has 0 aliphatic rings. The van der Waals surface area contributed by atoms with Gasteiger partial charge in [0.05, 0.1) is 23.1 Å². The van der Waals surface area contributed by atoms with E-state index >= 15 is 0 Å². The van der Waals surface area contributed by atoms with Gasteiger partial charge >= 0.3 is 0 Å². The Morgan fingerprint density at radius 2 is 2.11 bits per heavy atom. The van der Waals surface area contributed by atoms with Crippen molar-refractivity contribution in [1.29, 1.82) is 0 Å². The van der Waals surface area contributed by atoms with Crippen LogP contribution in [-0.2, 0) is 4.79 Å². The van der Waals surface area contributed by atoms with Crippen molar-refractivity contribution in [2.45, 2.75) is 13.0 Å². The number of nitrogen functional groups attached to an aromatic ring is 1. The van der Waals surface area contributed by atoms with Crippen LogP contribution in [0.5, 0.6) is 0 Å². The van der Waals surface area contributed by atoms with Crippen LogP contribution in [0.25, 0.3) is 10.9 Å². The molecule has 0 radical (unpaired) electrons. The minimum atomic E-state index is -0.222. The molecule has 4 N–H and O–H groups in total. The second-order valence-electron chi connectivity index (χ2n) is 6.28. The van der Waals surface area contributed by atoms with Gasteiger partial charge < -0.3 is 21.3 Å². The number of hydrogen-bond donors (Lipinski definition) is 3. The number of para-hydroxylation sites is 1. The van der Waals surface area contributed by atoms with Crippen molar-refractivity contribution < 1.29 is 4.79 Å². The lowest BCUT2D eigenvalue weighted by atomic mass is 10.1. The summed E-state index contributed by atoms with van der Waals surface area (Å²) in [6.45, 7) is 2.10. The number of benzene rings is 1. The first kappa shape index (κ1) is 19.6. The van der Waals surface area contributed by atoms with Gasteiger partial charge in [0.1, 0.15) is 12.1 Å². The zero-order valence-electron chi connectivity index (χ0n) is 15.8. The van der Waals surface area contributed by atoms with Crippen molar-refractivity contribution in [2.24, 2.45) is 0 Å². The first-order chi connectivity index (χ1) is 13.4. The quantitative estimate of drug-likeness (QED) is 0.574. The maximum absolute atomic E-state index is 11.9. The van der Waals surface area contributed by atoms with Crippen molar-refractivity contribution >= 4 is 46.1 Å². The number of fused-ring (bicyclic) bond motifs is 1. The van der Waals surface area contributed by atoms with E-state index in [1.54, 1.807) is 25.1 Å². The normalized spacial score (nSPS) is 11.9. The summed E-state index contributed by atoms with van der Waals surface area (Å²) in [6, 6.07) is 7.36. The molecule has 3 rings (SSSR count). The van der Waals surface area contributed by atoms with Crippen LogP contribution < -0.4 is 21.3 Å². The fourth-order valence-corrected chi connectivity index (χ4v) is 3.04. The van der Waals surface area contributed by atoms with Crippen molar-refractivity contribution in [3.8, 4) is 0 Å². The molecular formula is C18H21ClN8O. The Labute approximate surface area is 167 Å². The van der Waals surface area contributed by atoms with Crippen LogP contribution in [-0.4, -0.2) is 46.5 Å². The van der Waals surface area contributed by atoms with E-state index in [4.69, 9.17) is 22.3 Å². The van der Waals surface area contributed by atoms with E-state index < -0.39 is 0 Å². The lowest BCUT2D eigenvalue weighted by Gasteiger charge is -2.24. The molecule has 3 aromatic rings. The molecule has 0 saturated carbocycles. The molecule has 28 heavy (non-hydrogen) atoms. The summed E-state index contributed by atoms with van der Waals surface area (Å²) in [6.07, 6.45) is 1.34. The van der Waals surface area contributed by atoms with Gasteiger partial charge in [-0.1, -0.05) is 23.7 Å². The average Bonchev–Trinajstić information content (AvgIpc) is 2.67. The van der Waals surface area contributed by atoms with Crippen LogP contribution in [0.4, 0.5) is 17.7 Å². The third kappa shape index (κ3) is 4.20. The van der Waals surface area contributed by atoms with Gasteiger partial charge in [0.15, 0.2) is 0 Å². The van der Waals surface area contributed by atoms with E-state index in [0.717, 1.165) is 10.9 Å². The van der Waals surface area contributed by atoms with Crippen molar-refractivity contribution in [2.75, 3.05) is 36.6 Å². The second-order valence-corrected chi connectivity index (χ2v) is 6.68. The van der Waals surface area contributed by atoms with Crippen molar-refractivity contribution in [3.63, 3.8) is 0 Å². The van der Waals surface area contributed by atoms with E-state index in [1.165, 1.54) is 6.33 Å². The van der Waals surface area contributed by atoms with E-state index in [9.17, 15) is 4.79 Å². The fraction of sp³-hybridized carbons (Fsp3) is 0.278. The first-order valence-corrected chi connectivity index (χ1v) is 8.98. The minimum absolute atomic E-state index is 0.125. The number of nitrogens with two attached hydrogens (primary N) is 1. The monoisotopic (exact) mass is 400 g/mol. The number of amides is 1. The van der Waals surface area contributed by atoms with Crippen molar-refractivity contribution in [3.05, 3.63) is 41.2 Å². The van der Waals surface area contributed by atoms with E-state index in [-0.39, 0.29) is 24.4 Å². The Balaban J connectivity index is 2.05. The van der Waals surface area contributed by atoms with Gasteiger partial charge in [-0.2, -0.15) is 4.98 Å². The number of anilines is 3. The van der Waals surface area contributed by atoms with Crippen LogP contribution in [0.3, 0.4) is 0 Å². The standard InChI is InChI=1S/C18H21ClN8O/c1-10(24-18-23-9-22-17(20)26-18)12-7-11-5-4-6-13(19)15(11)25-16(12)27(3)8-14(28)21-2/h4-7,9-10H,8H2,1-3H3,(H,21,28)(H3,20,22,23,24,26)/t10-/m0/s1. The lowest BCUT2D eigenvalue weighted by Crippen LogP contribution is -2.34. The third-order valence-corrected chi connectivity index (χ3v) is 4.53. The van der Waals surface area contributed by atoms with Crippen LogP contribution >= 0.6 is 11.6 Å². The Kier molecular flexibility index (Phi) is 5.74. The fourth-order valence-electron chi connectivity index (χ4n) is 2.81. The number of likely N-dealkylation sites (N-methyl/N-ethyl adjacent to an activating group) is 2. The van der Waals surface area contributed by atoms with Crippen LogP contribution in [0.15, 0.2) is 30.6 Å². The van der Waals surface area contributed by atoms with Gasteiger partial charge in [0, 0.05) is 25.0 Å². The first-order valence-electron chi connectivity index (χ1n) is 8.61. The minimum Gasteiger partial charge on any atom is -0.368 e. The lowest BCUT2D eigenvalue weighted by molar-refractivity contribution is -0.119. The largest absolute Gasteiger partial charge is 0.368 e. The van der Waals surface area contributed by atoms with Gasteiger partial charge in [0.25, 0.3) is 0 Å². The summed E-state index contributed by atoms with van der Waals surface area (Å²) < 4.78 is 0. The summed E-state index contributed by atoms with van der Waals surface area (Å²) in [5.74, 6) is 0.989. The van der Waals surface area contributed by atoms with E-state index in [2.05, 4.69) is 25.6 Å². The summed E-state index contributed by atoms with van der Waals surface area (Å²) in [4.78, 5) is 30.3. The predicted octanol–water partition coefficient (Wildman–Crippen LogP) is 2.01. The molecule has 0 saturated heterocycles. The molecule has 10 heteroatoms. The summed E-state index contributed by atoms with van der Waals surface area (Å²) in [7, 11) is 3.40. The topological polar surface area (TPSA) is 122 Å². The summed E-state index contributed by atoms with van der Waals surface area (Å²) >= 11 is 6.33. The number of carbonyl (C=O) groups excluding carboxylic acids is 1. The molecular weight excluding hydrogens is 380 g/mol. The van der Waals surface area contributed by atoms with Crippen molar-refractivity contribution in [1.82, 2.24) is 25.3 Å².